The van der Waals surface area contributed by atoms with E-state index in [-0.39, 0.29) is 11.9 Å². The number of hydrogen-bond acceptors (Lipinski definition) is 4. The lowest BCUT2D eigenvalue weighted by Gasteiger charge is -2.15. The number of carbonyl (C=O) groups is 1. The van der Waals surface area contributed by atoms with Crippen LogP contribution in [0.2, 0.25) is 0 Å². The smallest absolute Gasteiger partial charge is 0.347 e. The van der Waals surface area contributed by atoms with Crippen molar-refractivity contribution in [3.05, 3.63) is 29.3 Å². The van der Waals surface area contributed by atoms with E-state index in [1.54, 1.807) is 6.92 Å². The average molecular weight is 264 g/mol. The summed E-state index contributed by atoms with van der Waals surface area (Å²) in [5.41, 5.74) is 1.82. The Labute approximate surface area is 113 Å². The first-order chi connectivity index (χ1) is 9.02. The first-order valence-electron chi connectivity index (χ1n) is 6.67. The van der Waals surface area contributed by atoms with Gasteiger partial charge in [-0.15, -0.1) is 0 Å². The molecule has 0 fully saturated rings. The van der Waals surface area contributed by atoms with Crippen molar-refractivity contribution in [3.63, 3.8) is 0 Å². The minimum absolute atomic E-state index is 0.154. The fourth-order valence-corrected chi connectivity index (χ4v) is 2.20. The van der Waals surface area contributed by atoms with Gasteiger partial charge in [-0.25, -0.2) is 4.79 Å². The van der Waals surface area contributed by atoms with Crippen molar-refractivity contribution in [2.24, 2.45) is 5.92 Å². The van der Waals surface area contributed by atoms with Gasteiger partial charge in [-0.05, 0) is 36.1 Å². The predicted octanol–water partition coefficient (Wildman–Crippen LogP) is 2.24. The number of aliphatic hydroxyl groups excluding tert-OH is 1. The van der Waals surface area contributed by atoms with Crippen molar-refractivity contribution in [1.29, 1.82) is 0 Å². The van der Waals surface area contributed by atoms with Gasteiger partial charge in [0.05, 0.1) is 12.7 Å². The Morgan fingerprint density at radius 3 is 2.89 bits per heavy atom. The topological polar surface area (TPSA) is 55.8 Å². The van der Waals surface area contributed by atoms with E-state index in [0.717, 1.165) is 11.1 Å². The minimum Gasteiger partial charge on any atom is -0.478 e. The number of rotatable bonds is 4. The number of hydrogen-bond donors (Lipinski definition) is 1. The molecule has 2 unspecified atom stereocenters. The van der Waals surface area contributed by atoms with E-state index >= 15 is 0 Å². The molecule has 0 amide bonds. The van der Waals surface area contributed by atoms with E-state index in [2.05, 4.69) is 0 Å². The Morgan fingerprint density at radius 1 is 1.53 bits per heavy atom. The molecule has 0 aromatic heterocycles. The Kier molecular flexibility index (Phi) is 4.10. The van der Waals surface area contributed by atoms with E-state index < -0.39 is 12.2 Å². The van der Waals surface area contributed by atoms with Crippen LogP contribution in [0.5, 0.6) is 5.75 Å². The maximum absolute atomic E-state index is 11.6. The summed E-state index contributed by atoms with van der Waals surface area (Å²) in [6.07, 6.45) is -0.541. The zero-order valence-electron chi connectivity index (χ0n) is 11.6. The van der Waals surface area contributed by atoms with E-state index in [0.29, 0.717) is 18.8 Å². The molecule has 2 atom stereocenters. The third kappa shape index (κ3) is 2.89. The van der Waals surface area contributed by atoms with Gasteiger partial charge in [0.15, 0.2) is 6.10 Å². The average Bonchev–Trinajstić information content (AvgIpc) is 2.80. The van der Waals surface area contributed by atoms with Gasteiger partial charge in [-0.3, -0.25) is 0 Å². The highest BCUT2D eigenvalue weighted by Crippen LogP contribution is 2.33. The monoisotopic (exact) mass is 264 g/mol. The highest BCUT2D eigenvalue weighted by Gasteiger charge is 2.30. The third-order valence-electron chi connectivity index (χ3n) is 3.28. The van der Waals surface area contributed by atoms with Crippen molar-refractivity contribution < 1.29 is 19.4 Å². The molecule has 0 saturated carbocycles. The Bertz CT molecular complexity index is 467. The van der Waals surface area contributed by atoms with Crippen molar-refractivity contribution in [1.82, 2.24) is 0 Å². The highest BCUT2D eigenvalue weighted by molar-refractivity contribution is 5.76. The molecule has 0 spiro atoms. The largest absolute Gasteiger partial charge is 0.478 e. The number of ether oxygens (including phenoxy) is 2. The second-order valence-corrected chi connectivity index (χ2v) is 5.12. The van der Waals surface area contributed by atoms with Crippen LogP contribution < -0.4 is 4.74 Å². The lowest BCUT2D eigenvalue weighted by Crippen LogP contribution is -2.27. The van der Waals surface area contributed by atoms with Gasteiger partial charge in [0.1, 0.15) is 5.75 Å². The first-order valence-corrected chi connectivity index (χ1v) is 6.67. The van der Waals surface area contributed by atoms with Crippen molar-refractivity contribution in [3.8, 4) is 5.75 Å². The molecule has 1 N–H and O–H groups in total. The maximum atomic E-state index is 11.6. The molecule has 1 heterocycles. The fraction of sp³-hybridized carbons (Fsp3) is 0.533. The Balaban J connectivity index is 2.14. The van der Waals surface area contributed by atoms with Crippen LogP contribution in [0.1, 0.15) is 38.0 Å². The molecule has 0 saturated heterocycles. The molecule has 104 valence electrons. The molecule has 0 bridgehead atoms. The van der Waals surface area contributed by atoms with Crippen LogP contribution in [0.3, 0.4) is 0 Å². The number of carbonyl (C=O) groups excluding carboxylic acids is 1. The Hall–Kier alpha value is -1.55. The normalized spacial score (nSPS) is 18.9. The van der Waals surface area contributed by atoms with Gasteiger partial charge >= 0.3 is 5.97 Å². The number of fused-ring (bicyclic) bond motifs is 1. The second-order valence-electron chi connectivity index (χ2n) is 5.12. The summed E-state index contributed by atoms with van der Waals surface area (Å²) in [5, 5.41) is 10.1. The van der Waals surface area contributed by atoms with Crippen LogP contribution in [-0.4, -0.2) is 23.8 Å². The summed E-state index contributed by atoms with van der Waals surface area (Å²) in [5.74, 6) is 0.531. The van der Waals surface area contributed by atoms with E-state index in [4.69, 9.17) is 9.47 Å². The molecule has 4 nitrogen and oxygen atoms in total. The lowest BCUT2D eigenvalue weighted by atomic mass is 9.96. The highest BCUT2D eigenvalue weighted by atomic mass is 16.6. The summed E-state index contributed by atoms with van der Waals surface area (Å²) in [6.45, 7) is 6.06. The van der Waals surface area contributed by atoms with E-state index in [1.807, 2.05) is 32.0 Å². The summed E-state index contributed by atoms with van der Waals surface area (Å²) in [7, 11) is 0. The molecule has 19 heavy (non-hydrogen) atoms. The number of esters is 1. The van der Waals surface area contributed by atoms with Crippen LogP contribution in [-0.2, 0) is 16.0 Å². The summed E-state index contributed by atoms with van der Waals surface area (Å²) >= 11 is 0. The SMILES string of the molecule is CCOC(=O)C1Cc2cc(C(O)C(C)C)ccc2O1. The molecule has 0 aliphatic carbocycles. The quantitative estimate of drug-likeness (QED) is 0.847. The number of aliphatic hydroxyl groups is 1. The zero-order chi connectivity index (χ0) is 14.0. The molecule has 4 heteroatoms. The van der Waals surface area contributed by atoms with Crippen LogP contribution in [0.15, 0.2) is 18.2 Å². The first kappa shape index (κ1) is 13.9. The third-order valence-corrected chi connectivity index (χ3v) is 3.28. The van der Waals surface area contributed by atoms with Crippen LogP contribution >= 0.6 is 0 Å². The molecular formula is C15H20O4. The molecule has 1 aromatic rings. The van der Waals surface area contributed by atoms with Crippen molar-refractivity contribution in [2.45, 2.75) is 39.4 Å². The van der Waals surface area contributed by atoms with Gasteiger partial charge in [-0.1, -0.05) is 19.9 Å². The fourth-order valence-electron chi connectivity index (χ4n) is 2.20. The van der Waals surface area contributed by atoms with Gasteiger partial charge in [0.2, 0.25) is 0 Å². The zero-order valence-corrected chi connectivity index (χ0v) is 11.6. The summed E-state index contributed by atoms with van der Waals surface area (Å²) < 4.78 is 10.5. The van der Waals surface area contributed by atoms with Crippen LogP contribution in [0, 0.1) is 5.92 Å². The van der Waals surface area contributed by atoms with Crippen LogP contribution in [0.4, 0.5) is 0 Å². The molecule has 1 aliphatic heterocycles. The van der Waals surface area contributed by atoms with E-state index in [9.17, 15) is 9.90 Å². The number of benzene rings is 1. The summed E-state index contributed by atoms with van der Waals surface area (Å²) in [6, 6.07) is 5.58. The molecular weight excluding hydrogens is 244 g/mol. The van der Waals surface area contributed by atoms with Gasteiger partial charge in [0.25, 0.3) is 0 Å². The second kappa shape index (κ2) is 5.61. The standard InChI is InChI=1S/C15H20O4/c1-4-18-15(17)13-8-11-7-10(14(16)9(2)3)5-6-12(11)19-13/h5-7,9,13-14,16H,4,8H2,1-3H3. The van der Waals surface area contributed by atoms with Gasteiger partial charge < -0.3 is 14.6 Å². The Morgan fingerprint density at radius 2 is 2.26 bits per heavy atom. The minimum atomic E-state index is -0.554. The lowest BCUT2D eigenvalue weighted by molar-refractivity contribution is -0.150. The van der Waals surface area contributed by atoms with E-state index in [1.165, 1.54) is 0 Å². The molecule has 1 aliphatic rings. The van der Waals surface area contributed by atoms with Gasteiger partial charge in [-0.2, -0.15) is 0 Å². The summed E-state index contributed by atoms with van der Waals surface area (Å²) in [4.78, 5) is 11.6. The van der Waals surface area contributed by atoms with Gasteiger partial charge in [0, 0.05) is 6.42 Å². The molecule has 0 radical (unpaired) electrons. The predicted molar refractivity (Wildman–Crippen MR) is 71.0 cm³/mol. The van der Waals surface area contributed by atoms with Crippen molar-refractivity contribution >= 4 is 5.97 Å². The van der Waals surface area contributed by atoms with Crippen molar-refractivity contribution in [2.75, 3.05) is 6.61 Å². The molecule has 1 aromatic carbocycles. The maximum Gasteiger partial charge on any atom is 0.347 e. The molecule has 2 rings (SSSR count). The van der Waals surface area contributed by atoms with Crippen LogP contribution in [0.25, 0.3) is 0 Å².